The van der Waals surface area contributed by atoms with E-state index in [-0.39, 0.29) is 0 Å². The fraction of sp³-hybridized carbons (Fsp3) is 0.0769. The second-order valence-electron chi connectivity index (χ2n) is 3.90. The molecule has 0 saturated heterocycles. The van der Waals surface area contributed by atoms with Crippen molar-refractivity contribution in [1.29, 1.82) is 0 Å². The highest BCUT2D eigenvalue weighted by Crippen LogP contribution is 2.23. The molecule has 0 aliphatic carbocycles. The Kier molecular flexibility index (Phi) is 2.37. The summed E-state index contributed by atoms with van der Waals surface area (Å²) in [6.07, 6.45) is 1.68. The maximum absolute atomic E-state index is 5.93. The van der Waals surface area contributed by atoms with Crippen LogP contribution in [0.25, 0.3) is 16.9 Å². The molecule has 0 fully saturated rings. The Morgan fingerprint density at radius 3 is 2.67 bits per heavy atom. The van der Waals surface area contributed by atoms with Gasteiger partial charge >= 0.3 is 0 Å². The molecule has 0 spiro atoms. The van der Waals surface area contributed by atoms with Crippen LogP contribution in [0.15, 0.2) is 42.6 Å². The largest absolute Gasteiger partial charge is 0.497 e. The Morgan fingerprint density at radius 1 is 1.17 bits per heavy atom. The van der Waals surface area contributed by atoms with E-state index in [1.54, 1.807) is 17.8 Å². The molecule has 0 saturated carbocycles. The summed E-state index contributed by atoms with van der Waals surface area (Å²) < 4.78 is 6.73. The lowest BCUT2D eigenvalue weighted by atomic mass is 10.1. The molecule has 2 aromatic heterocycles. The topological polar surface area (TPSA) is 65.4 Å². The van der Waals surface area contributed by atoms with E-state index in [1.807, 2.05) is 36.4 Å². The van der Waals surface area contributed by atoms with Crippen molar-refractivity contribution in [2.45, 2.75) is 0 Å². The molecule has 5 nitrogen and oxygen atoms in total. The third-order valence-electron chi connectivity index (χ3n) is 2.77. The van der Waals surface area contributed by atoms with E-state index in [0.717, 1.165) is 22.7 Å². The highest BCUT2D eigenvalue weighted by molar-refractivity contribution is 5.66. The van der Waals surface area contributed by atoms with Crippen LogP contribution < -0.4 is 10.5 Å². The third-order valence-corrected chi connectivity index (χ3v) is 2.77. The Bertz CT molecular complexity index is 688. The van der Waals surface area contributed by atoms with Crippen molar-refractivity contribution in [1.82, 2.24) is 14.6 Å². The van der Waals surface area contributed by atoms with E-state index in [0.29, 0.717) is 5.82 Å². The van der Waals surface area contributed by atoms with Crippen LogP contribution in [0.5, 0.6) is 5.75 Å². The van der Waals surface area contributed by atoms with Crippen LogP contribution in [0.1, 0.15) is 0 Å². The zero-order valence-electron chi connectivity index (χ0n) is 9.87. The van der Waals surface area contributed by atoms with Crippen molar-refractivity contribution in [3.8, 4) is 17.0 Å². The van der Waals surface area contributed by atoms with Gasteiger partial charge in [-0.25, -0.2) is 4.98 Å². The molecule has 2 N–H and O–H groups in total. The molecular formula is C13H12N4O. The number of nitrogen functional groups attached to an aromatic ring is 1. The van der Waals surface area contributed by atoms with Gasteiger partial charge < -0.3 is 10.5 Å². The number of methoxy groups -OCH3 is 1. The predicted molar refractivity (Wildman–Crippen MR) is 69.4 cm³/mol. The maximum atomic E-state index is 5.93. The maximum Gasteiger partial charge on any atom is 0.157 e. The van der Waals surface area contributed by atoms with Gasteiger partial charge in [-0.3, -0.25) is 0 Å². The van der Waals surface area contributed by atoms with Gasteiger partial charge in [0.15, 0.2) is 5.65 Å². The monoisotopic (exact) mass is 240 g/mol. The summed E-state index contributed by atoms with van der Waals surface area (Å²) in [5.41, 5.74) is 8.48. The van der Waals surface area contributed by atoms with E-state index in [2.05, 4.69) is 10.1 Å². The summed E-state index contributed by atoms with van der Waals surface area (Å²) in [4.78, 5) is 4.50. The lowest BCUT2D eigenvalue weighted by Gasteiger charge is -2.05. The average molecular weight is 240 g/mol. The first-order chi connectivity index (χ1) is 8.78. The number of nitrogens with zero attached hydrogens (tertiary/aromatic N) is 3. The summed E-state index contributed by atoms with van der Waals surface area (Å²) in [6.45, 7) is 0. The quantitative estimate of drug-likeness (QED) is 0.744. The molecule has 3 aromatic rings. The van der Waals surface area contributed by atoms with Crippen LogP contribution in [0.2, 0.25) is 0 Å². The smallest absolute Gasteiger partial charge is 0.157 e. The van der Waals surface area contributed by atoms with E-state index in [1.165, 1.54) is 0 Å². The van der Waals surface area contributed by atoms with E-state index >= 15 is 0 Å². The summed E-state index contributed by atoms with van der Waals surface area (Å²) in [5.74, 6) is 1.38. The van der Waals surface area contributed by atoms with Crippen LogP contribution in [0, 0.1) is 0 Å². The standard InChI is InChI=1S/C13H12N4O/c1-18-10-4-2-9(3-5-10)11-8-12(14)17-13(16-11)6-7-15-17/h2-8H,14H2,1H3. The van der Waals surface area contributed by atoms with E-state index in [4.69, 9.17) is 10.5 Å². The Hall–Kier alpha value is -2.56. The zero-order chi connectivity index (χ0) is 12.5. The molecule has 90 valence electrons. The fourth-order valence-electron chi connectivity index (χ4n) is 1.85. The Balaban J connectivity index is 2.12. The number of benzene rings is 1. The number of rotatable bonds is 2. The molecule has 0 unspecified atom stereocenters. The highest BCUT2D eigenvalue weighted by atomic mass is 16.5. The minimum absolute atomic E-state index is 0.566. The van der Waals surface area contributed by atoms with Crippen molar-refractivity contribution < 1.29 is 4.74 Å². The Morgan fingerprint density at radius 2 is 1.94 bits per heavy atom. The van der Waals surface area contributed by atoms with Gasteiger partial charge in [-0.1, -0.05) is 0 Å². The number of fused-ring (bicyclic) bond motifs is 1. The lowest BCUT2D eigenvalue weighted by Crippen LogP contribution is -2.00. The molecule has 0 atom stereocenters. The first kappa shape index (κ1) is 10.6. The Labute approximate surface area is 104 Å². The lowest BCUT2D eigenvalue weighted by molar-refractivity contribution is 0.415. The molecule has 0 aliphatic heterocycles. The van der Waals surface area contributed by atoms with Crippen LogP contribution in [-0.4, -0.2) is 21.7 Å². The van der Waals surface area contributed by atoms with Gasteiger partial charge in [0.05, 0.1) is 19.0 Å². The predicted octanol–water partition coefficient (Wildman–Crippen LogP) is 1.99. The van der Waals surface area contributed by atoms with Gasteiger partial charge in [0.25, 0.3) is 0 Å². The van der Waals surface area contributed by atoms with Crippen LogP contribution in [-0.2, 0) is 0 Å². The summed E-state index contributed by atoms with van der Waals surface area (Å²) in [6, 6.07) is 11.3. The molecule has 5 heteroatoms. The first-order valence-electron chi connectivity index (χ1n) is 5.52. The summed E-state index contributed by atoms with van der Waals surface area (Å²) >= 11 is 0. The molecule has 0 amide bonds. The molecule has 0 bridgehead atoms. The molecule has 18 heavy (non-hydrogen) atoms. The van der Waals surface area contributed by atoms with Crippen molar-refractivity contribution in [2.75, 3.05) is 12.8 Å². The van der Waals surface area contributed by atoms with Gasteiger partial charge in [0.2, 0.25) is 0 Å². The van der Waals surface area contributed by atoms with E-state index < -0.39 is 0 Å². The highest BCUT2D eigenvalue weighted by Gasteiger charge is 2.05. The van der Waals surface area contributed by atoms with Gasteiger partial charge in [0, 0.05) is 17.7 Å². The molecule has 1 aromatic carbocycles. The number of ether oxygens (including phenoxy) is 1. The van der Waals surface area contributed by atoms with Crippen LogP contribution in [0.3, 0.4) is 0 Å². The SMILES string of the molecule is COc1ccc(-c2cc(N)n3nccc3n2)cc1. The number of anilines is 1. The van der Waals surface area contributed by atoms with Crippen LogP contribution in [0.4, 0.5) is 5.82 Å². The second-order valence-corrected chi connectivity index (χ2v) is 3.90. The normalized spacial score (nSPS) is 10.7. The number of aromatic nitrogens is 3. The average Bonchev–Trinajstić information content (AvgIpc) is 2.88. The van der Waals surface area contributed by atoms with Crippen molar-refractivity contribution in [3.05, 3.63) is 42.6 Å². The zero-order valence-corrected chi connectivity index (χ0v) is 9.87. The van der Waals surface area contributed by atoms with Crippen molar-refractivity contribution >= 4 is 11.5 Å². The van der Waals surface area contributed by atoms with Crippen molar-refractivity contribution in [2.24, 2.45) is 0 Å². The van der Waals surface area contributed by atoms with Gasteiger partial charge in [-0.05, 0) is 24.3 Å². The van der Waals surface area contributed by atoms with E-state index in [9.17, 15) is 0 Å². The molecule has 2 heterocycles. The van der Waals surface area contributed by atoms with Gasteiger partial charge in [-0.15, -0.1) is 0 Å². The summed E-state index contributed by atoms with van der Waals surface area (Å²) in [7, 11) is 1.64. The molecule has 0 radical (unpaired) electrons. The molecule has 0 aliphatic rings. The third kappa shape index (κ3) is 1.66. The minimum Gasteiger partial charge on any atom is -0.497 e. The number of hydrogen-bond donors (Lipinski definition) is 1. The van der Waals surface area contributed by atoms with Crippen molar-refractivity contribution in [3.63, 3.8) is 0 Å². The molecular weight excluding hydrogens is 228 g/mol. The molecule has 3 rings (SSSR count). The first-order valence-corrected chi connectivity index (χ1v) is 5.52. The minimum atomic E-state index is 0.566. The van der Waals surface area contributed by atoms with Gasteiger partial charge in [-0.2, -0.15) is 9.61 Å². The summed E-state index contributed by atoms with van der Waals surface area (Å²) in [5, 5.41) is 4.09. The number of nitrogens with two attached hydrogens (primary N) is 1. The number of hydrogen-bond acceptors (Lipinski definition) is 4. The fourth-order valence-corrected chi connectivity index (χ4v) is 1.85. The van der Waals surface area contributed by atoms with Gasteiger partial charge in [0.1, 0.15) is 11.6 Å². The second kappa shape index (κ2) is 4.03. The van der Waals surface area contributed by atoms with Crippen LogP contribution >= 0.6 is 0 Å².